The lowest BCUT2D eigenvalue weighted by molar-refractivity contribution is 0.252. The molecule has 2 N–H and O–H groups in total. The summed E-state index contributed by atoms with van der Waals surface area (Å²) in [6.45, 7) is 6.72. The van der Waals surface area contributed by atoms with Crippen LogP contribution in [0.1, 0.15) is 23.7 Å². The topological polar surface area (TPSA) is 91.4 Å². The van der Waals surface area contributed by atoms with E-state index in [0.717, 1.165) is 9.88 Å². The van der Waals surface area contributed by atoms with Crippen LogP contribution in [0.3, 0.4) is 0 Å². The van der Waals surface area contributed by atoms with Crippen LogP contribution in [0.4, 0.5) is 10.5 Å². The summed E-state index contributed by atoms with van der Waals surface area (Å²) < 4.78 is 26.2. The zero-order chi connectivity index (χ0) is 18.4. The summed E-state index contributed by atoms with van der Waals surface area (Å²) in [7, 11) is -3.49. The molecule has 0 saturated carbocycles. The van der Waals surface area contributed by atoms with Crippen LogP contribution in [-0.4, -0.2) is 36.8 Å². The normalized spacial score (nSPS) is 11.5. The molecule has 0 unspecified atom stereocenters. The molecular weight excluding hydrogens is 360 g/mol. The highest BCUT2D eigenvalue weighted by Gasteiger charge is 2.21. The highest BCUT2D eigenvalue weighted by atomic mass is 32.2. The molecule has 1 heterocycles. The van der Waals surface area contributed by atoms with Crippen LogP contribution in [0, 0.1) is 6.92 Å². The van der Waals surface area contributed by atoms with Gasteiger partial charge in [0, 0.05) is 29.9 Å². The van der Waals surface area contributed by atoms with E-state index in [4.69, 9.17) is 0 Å². The van der Waals surface area contributed by atoms with Gasteiger partial charge in [0.1, 0.15) is 0 Å². The molecule has 0 aliphatic rings. The number of nitrogens with one attached hydrogen (secondary N) is 2. The number of benzene rings is 1. The Balaban J connectivity index is 1.96. The third-order valence-corrected chi connectivity index (χ3v) is 6.52. The minimum Gasteiger partial charge on any atom is -0.333 e. The smallest absolute Gasteiger partial charge is 0.319 e. The lowest BCUT2D eigenvalue weighted by Crippen LogP contribution is -2.30. The first-order valence-corrected chi connectivity index (χ1v) is 10.2. The molecule has 2 aromatic rings. The predicted octanol–water partition coefficient (Wildman–Crippen LogP) is 2.80. The van der Waals surface area contributed by atoms with Gasteiger partial charge in [-0.25, -0.2) is 18.2 Å². The molecule has 0 fully saturated rings. The SMILES string of the molecule is CCN(CC)S(=O)(=O)c1ccc(NC(=O)NCc2cnc(C)s2)cc1. The first-order chi connectivity index (χ1) is 11.9. The minimum absolute atomic E-state index is 0.210. The molecule has 1 aromatic heterocycles. The molecule has 0 aliphatic heterocycles. The molecule has 1 aromatic carbocycles. The van der Waals surface area contributed by atoms with Crippen molar-refractivity contribution < 1.29 is 13.2 Å². The molecule has 0 saturated heterocycles. The van der Waals surface area contributed by atoms with Gasteiger partial charge in [-0.3, -0.25) is 0 Å². The van der Waals surface area contributed by atoms with Gasteiger partial charge in [0.05, 0.1) is 16.4 Å². The average Bonchev–Trinajstić information content (AvgIpc) is 3.00. The largest absolute Gasteiger partial charge is 0.333 e. The Hall–Kier alpha value is -1.97. The molecule has 0 atom stereocenters. The molecule has 25 heavy (non-hydrogen) atoms. The third kappa shape index (κ3) is 5.00. The van der Waals surface area contributed by atoms with Gasteiger partial charge >= 0.3 is 6.03 Å². The Morgan fingerprint density at radius 3 is 2.36 bits per heavy atom. The summed E-state index contributed by atoms with van der Waals surface area (Å²) >= 11 is 1.52. The summed E-state index contributed by atoms with van der Waals surface area (Å²) in [5, 5.41) is 6.36. The quantitative estimate of drug-likeness (QED) is 0.770. The number of carbonyl (C=O) groups is 1. The predicted molar refractivity (Wildman–Crippen MR) is 99.3 cm³/mol. The molecule has 0 radical (unpaired) electrons. The number of carbonyl (C=O) groups excluding carboxylic acids is 1. The van der Waals surface area contributed by atoms with Crippen LogP contribution >= 0.6 is 11.3 Å². The van der Waals surface area contributed by atoms with Crippen LogP contribution in [-0.2, 0) is 16.6 Å². The number of rotatable bonds is 7. The van der Waals surface area contributed by atoms with Gasteiger partial charge in [-0.05, 0) is 31.2 Å². The Labute approximate surface area is 152 Å². The van der Waals surface area contributed by atoms with Crippen molar-refractivity contribution in [1.82, 2.24) is 14.6 Å². The lowest BCUT2D eigenvalue weighted by Gasteiger charge is -2.18. The van der Waals surface area contributed by atoms with Crippen molar-refractivity contribution in [2.24, 2.45) is 0 Å². The lowest BCUT2D eigenvalue weighted by atomic mass is 10.3. The molecule has 9 heteroatoms. The second kappa shape index (κ2) is 8.41. The number of aryl methyl sites for hydroxylation is 1. The van der Waals surface area contributed by atoms with Gasteiger partial charge in [-0.2, -0.15) is 4.31 Å². The highest BCUT2D eigenvalue weighted by Crippen LogP contribution is 2.18. The first-order valence-electron chi connectivity index (χ1n) is 7.93. The van der Waals surface area contributed by atoms with E-state index in [-0.39, 0.29) is 10.9 Å². The molecule has 0 spiro atoms. The summed E-state index contributed by atoms with van der Waals surface area (Å²) in [6.07, 6.45) is 1.73. The summed E-state index contributed by atoms with van der Waals surface area (Å²) in [6, 6.07) is 5.79. The van der Waals surface area contributed by atoms with E-state index in [9.17, 15) is 13.2 Å². The summed E-state index contributed by atoms with van der Waals surface area (Å²) in [5.74, 6) is 0. The van der Waals surface area contributed by atoms with Crippen molar-refractivity contribution in [2.75, 3.05) is 18.4 Å². The molecule has 0 bridgehead atoms. The van der Waals surface area contributed by atoms with E-state index >= 15 is 0 Å². The number of amides is 2. The number of urea groups is 1. The van der Waals surface area contributed by atoms with E-state index in [1.807, 2.05) is 6.92 Å². The molecule has 2 amide bonds. The number of hydrogen-bond donors (Lipinski definition) is 2. The maximum atomic E-state index is 12.4. The van der Waals surface area contributed by atoms with Crippen molar-refractivity contribution >= 4 is 33.1 Å². The maximum absolute atomic E-state index is 12.4. The summed E-state index contributed by atoms with van der Waals surface area (Å²) in [5.41, 5.74) is 0.525. The average molecular weight is 383 g/mol. The molecule has 2 rings (SSSR count). The van der Waals surface area contributed by atoms with Gasteiger partial charge in [-0.1, -0.05) is 13.8 Å². The zero-order valence-corrected chi connectivity index (χ0v) is 16.1. The van der Waals surface area contributed by atoms with Crippen LogP contribution in [0.2, 0.25) is 0 Å². The monoisotopic (exact) mass is 382 g/mol. The standard InChI is InChI=1S/C16H22N4O3S2/c1-4-20(5-2)25(22,23)15-8-6-13(7-9-15)19-16(21)18-11-14-10-17-12(3)24-14/h6-10H,4-5,11H2,1-3H3,(H2,18,19,21). The zero-order valence-electron chi connectivity index (χ0n) is 14.4. The number of thiazole rings is 1. The van der Waals surface area contributed by atoms with Gasteiger partial charge in [0.2, 0.25) is 10.0 Å². The van der Waals surface area contributed by atoms with Crippen molar-refractivity contribution in [3.8, 4) is 0 Å². The second-order valence-electron chi connectivity index (χ2n) is 5.27. The van der Waals surface area contributed by atoms with Crippen LogP contribution in [0.15, 0.2) is 35.4 Å². The number of anilines is 1. The number of hydrogen-bond acceptors (Lipinski definition) is 5. The van der Waals surface area contributed by atoms with Crippen LogP contribution in [0.5, 0.6) is 0 Å². The third-order valence-electron chi connectivity index (χ3n) is 3.55. The molecule has 7 nitrogen and oxygen atoms in total. The van der Waals surface area contributed by atoms with E-state index in [2.05, 4.69) is 15.6 Å². The number of aromatic nitrogens is 1. The fraction of sp³-hybridized carbons (Fsp3) is 0.375. The van der Waals surface area contributed by atoms with Gasteiger partial charge < -0.3 is 10.6 Å². The van der Waals surface area contributed by atoms with E-state index in [1.54, 1.807) is 32.2 Å². The Kier molecular flexibility index (Phi) is 6.51. The van der Waals surface area contributed by atoms with E-state index in [0.29, 0.717) is 25.3 Å². The Morgan fingerprint density at radius 1 is 1.20 bits per heavy atom. The molecular formula is C16H22N4O3S2. The van der Waals surface area contributed by atoms with Gasteiger partial charge in [-0.15, -0.1) is 11.3 Å². The van der Waals surface area contributed by atoms with Crippen molar-refractivity contribution in [2.45, 2.75) is 32.2 Å². The van der Waals surface area contributed by atoms with E-state index < -0.39 is 10.0 Å². The van der Waals surface area contributed by atoms with Crippen LogP contribution in [0.25, 0.3) is 0 Å². The van der Waals surface area contributed by atoms with Crippen LogP contribution < -0.4 is 10.6 Å². The first kappa shape index (κ1) is 19.4. The van der Waals surface area contributed by atoms with Gasteiger partial charge in [0.15, 0.2) is 0 Å². The van der Waals surface area contributed by atoms with E-state index in [1.165, 1.54) is 27.8 Å². The van der Waals surface area contributed by atoms with Crippen molar-refractivity contribution in [3.05, 3.63) is 40.3 Å². The van der Waals surface area contributed by atoms with Crippen molar-refractivity contribution in [3.63, 3.8) is 0 Å². The molecule has 136 valence electrons. The second-order valence-corrected chi connectivity index (χ2v) is 8.52. The van der Waals surface area contributed by atoms with Crippen molar-refractivity contribution in [1.29, 1.82) is 0 Å². The van der Waals surface area contributed by atoms with Gasteiger partial charge in [0.25, 0.3) is 0 Å². The Bertz CT molecular complexity index is 812. The fourth-order valence-corrected chi connectivity index (χ4v) is 4.45. The number of nitrogens with zero attached hydrogens (tertiary/aromatic N) is 2. The summed E-state index contributed by atoms with van der Waals surface area (Å²) in [4.78, 5) is 17.2. The maximum Gasteiger partial charge on any atom is 0.319 e. The number of sulfonamides is 1. The minimum atomic E-state index is -3.49. The fourth-order valence-electron chi connectivity index (χ4n) is 2.25. The Morgan fingerprint density at radius 2 is 1.84 bits per heavy atom. The highest BCUT2D eigenvalue weighted by molar-refractivity contribution is 7.89. The molecule has 0 aliphatic carbocycles.